The van der Waals surface area contributed by atoms with E-state index < -0.39 is 7.12 Å². The molecule has 4 N–H and O–H groups in total. The van der Waals surface area contributed by atoms with Gasteiger partial charge in [-0.05, 0) is 53.5 Å². The van der Waals surface area contributed by atoms with Crippen molar-refractivity contribution in [2.45, 2.75) is 25.3 Å². The SMILES string of the molecule is NCc1cccc(C2CCN(C(=O)c3cccc4nccc(B(O)O)c34)CC2)c1. The van der Waals surface area contributed by atoms with E-state index in [1.54, 1.807) is 24.3 Å². The van der Waals surface area contributed by atoms with Gasteiger partial charge in [-0.3, -0.25) is 9.78 Å². The third-order valence-corrected chi connectivity index (χ3v) is 5.75. The van der Waals surface area contributed by atoms with Crippen LogP contribution in [0.4, 0.5) is 0 Å². The number of hydrogen-bond acceptors (Lipinski definition) is 5. The normalized spacial score (nSPS) is 14.9. The van der Waals surface area contributed by atoms with Gasteiger partial charge >= 0.3 is 7.12 Å². The molecule has 3 aromatic rings. The highest BCUT2D eigenvalue weighted by molar-refractivity contribution is 6.62. The molecule has 6 nitrogen and oxygen atoms in total. The number of hydrogen-bond donors (Lipinski definition) is 3. The second-order valence-electron chi connectivity index (χ2n) is 7.49. The number of aromatic nitrogens is 1. The minimum atomic E-state index is -1.66. The molecule has 1 aliphatic rings. The summed E-state index contributed by atoms with van der Waals surface area (Å²) in [6.07, 6.45) is 3.29. The van der Waals surface area contributed by atoms with E-state index >= 15 is 0 Å². The van der Waals surface area contributed by atoms with Gasteiger partial charge in [-0.2, -0.15) is 0 Å². The molecule has 2 heterocycles. The number of piperidine rings is 1. The molecule has 0 atom stereocenters. The fourth-order valence-corrected chi connectivity index (χ4v) is 4.19. The van der Waals surface area contributed by atoms with E-state index in [0.717, 1.165) is 18.4 Å². The van der Waals surface area contributed by atoms with Gasteiger partial charge in [0.25, 0.3) is 5.91 Å². The Morgan fingerprint density at radius 1 is 1.14 bits per heavy atom. The number of nitrogens with zero attached hydrogens (tertiary/aromatic N) is 2. The molecular weight excluding hydrogens is 365 g/mol. The number of rotatable bonds is 4. The topological polar surface area (TPSA) is 99.7 Å². The molecule has 0 saturated carbocycles. The molecule has 0 aliphatic carbocycles. The molecule has 2 aromatic carbocycles. The molecular formula is C22H24BN3O3. The lowest BCUT2D eigenvalue weighted by molar-refractivity contribution is 0.0715. The van der Waals surface area contributed by atoms with Gasteiger partial charge < -0.3 is 20.7 Å². The maximum absolute atomic E-state index is 13.3. The molecule has 4 rings (SSSR count). The molecule has 0 radical (unpaired) electrons. The lowest BCUT2D eigenvalue weighted by Gasteiger charge is -2.32. The van der Waals surface area contributed by atoms with Crippen molar-refractivity contribution < 1.29 is 14.8 Å². The standard InChI is InChI=1S/C22H24BN3O3/c24-14-15-3-1-4-17(13-15)16-8-11-26(12-9-16)22(27)18-5-2-6-20-21(18)19(23(28)29)7-10-25-20/h1-7,10,13,16,28-29H,8-9,11-12,14,24H2. The Bertz CT molecular complexity index is 1030. The zero-order chi connectivity index (χ0) is 20.4. The Labute approximate surface area is 170 Å². The summed E-state index contributed by atoms with van der Waals surface area (Å²) in [4.78, 5) is 19.4. The van der Waals surface area contributed by atoms with Crippen molar-refractivity contribution in [2.75, 3.05) is 13.1 Å². The van der Waals surface area contributed by atoms with Crippen LogP contribution in [0.3, 0.4) is 0 Å². The first kappa shape index (κ1) is 19.6. The Balaban J connectivity index is 1.56. The van der Waals surface area contributed by atoms with Crippen LogP contribution in [0.5, 0.6) is 0 Å². The minimum Gasteiger partial charge on any atom is -0.423 e. The minimum absolute atomic E-state index is 0.0975. The van der Waals surface area contributed by atoms with E-state index in [4.69, 9.17) is 5.73 Å². The first-order valence-electron chi connectivity index (χ1n) is 9.90. The van der Waals surface area contributed by atoms with Gasteiger partial charge in [0.2, 0.25) is 0 Å². The summed E-state index contributed by atoms with van der Waals surface area (Å²) in [5, 5.41) is 20.0. The summed E-state index contributed by atoms with van der Waals surface area (Å²) < 4.78 is 0. The maximum atomic E-state index is 13.3. The van der Waals surface area contributed by atoms with E-state index in [9.17, 15) is 14.8 Å². The zero-order valence-corrected chi connectivity index (χ0v) is 16.2. The van der Waals surface area contributed by atoms with Gasteiger partial charge in [-0.15, -0.1) is 0 Å². The number of likely N-dealkylation sites (tertiary alicyclic amines) is 1. The van der Waals surface area contributed by atoms with E-state index in [0.29, 0.717) is 47.5 Å². The summed E-state index contributed by atoms with van der Waals surface area (Å²) in [6.45, 7) is 1.84. The number of carbonyl (C=O) groups excluding carboxylic acids is 1. The Kier molecular flexibility index (Phi) is 5.62. The van der Waals surface area contributed by atoms with E-state index in [1.807, 2.05) is 17.0 Å². The fourth-order valence-electron chi connectivity index (χ4n) is 4.19. The Morgan fingerprint density at radius 3 is 2.62 bits per heavy atom. The number of pyridine rings is 1. The van der Waals surface area contributed by atoms with Crippen molar-refractivity contribution in [3.8, 4) is 0 Å². The quantitative estimate of drug-likeness (QED) is 0.586. The lowest BCUT2D eigenvalue weighted by atomic mass is 9.77. The van der Waals surface area contributed by atoms with Crippen molar-refractivity contribution in [3.05, 3.63) is 71.4 Å². The first-order chi connectivity index (χ1) is 14.1. The van der Waals surface area contributed by atoms with Gasteiger partial charge in [0.05, 0.1) is 5.52 Å². The molecule has 0 spiro atoms. The molecule has 1 aromatic heterocycles. The number of fused-ring (bicyclic) bond motifs is 1. The molecule has 1 saturated heterocycles. The smallest absolute Gasteiger partial charge is 0.423 e. The third kappa shape index (κ3) is 3.89. The molecule has 0 unspecified atom stereocenters. The number of carbonyl (C=O) groups is 1. The Morgan fingerprint density at radius 2 is 1.90 bits per heavy atom. The van der Waals surface area contributed by atoms with E-state index in [-0.39, 0.29) is 5.91 Å². The largest absolute Gasteiger partial charge is 0.489 e. The second-order valence-corrected chi connectivity index (χ2v) is 7.49. The van der Waals surface area contributed by atoms with Crippen molar-refractivity contribution in [3.63, 3.8) is 0 Å². The van der Waals surface area contributed by atoms with Crippen molar-refractivity contribution in [1.82, 2.24) is 9.88 Å². The van der Waals surface area contributed by atoms with Gasteiger partial charge in [-0.1, -0.05) is 30.3 Å². The number of benzene rings is 2. The van der Waals surface area contributed by atoms with Crippen LogP contribution >= 0.6 is 0 Å². The van der Waals surface area contributed by atoms with E-state index in [1.165, 1.54) is 11.8 Å². The zero-order valence-electron chi connectivity index (χ0n) is 16.2. The summed E-state index contributed by atoms with van der Waals surface area (Å²) >= 11 is 0. The first-order valence-corrected chi connectivity index (χ1v) is 9.90. The highest BCUT2D eigenvalue weighted by Gasteiger charge is 2.27. The molecule has 0 bridgehead atoms. The molecule has 7 heteroatoms. The van der Waals surface area contributed by atoms with Crippen molar-refractivity contribution in [1.29, 1.82) is 0 Å². The van der Waals surface area contributed by atoms with Gasteiger partial charge in [0, 0.05) is 36.8 Å². The predicted molar refractivity (Wildman–Crippen MR) is 114 cm³/mol. The maximum Gasteiger partial charge on any atom is 0.489 e. The molecule has 1 fully saturated rings. The van der Waals surface area contributed by atoms with Crippen LogP contribution < -0.4 is 11.2 Å². The van der Waals surface area contributed by atoms with Crippen molar-refractivity contribution in [2.24, 2.45) is 5.73 Å². The monoisotopic (exact) mass is 389 g/mol. The molecule has 148 valence electrons. The predicted octanol–water partition coefficient (Wildman–Crippen LogP) is 1.39. The molecule has 1 amide bonds. The highest BCUT2D eigenvalue weighted by Crippen LogP contribution is 2.30. The fraction of sp³-hybridized carbons (Fsp3) is 0.273. The lowest BCUT2D eigenvalue weighted by Crippen LogP contribution is -2.39. The summed E-state index contributed by atoms with van der Waals surface area (Å²) in [6, 6.07) is 15.2. The van der Waals surface area contributed by atoms with Gasteiger partial charge in [-0.25, -0.2) is 0 Å². The average molecular weight is 389 g/mol. The summed E-state index contributed by atoms with van der Waals surface area (Å²) in [7, 11) is -1.66. The third-order valence-electron chi connectivity index (χ3n) is 5.75. The van der Waals surface area contributed by atoms with Crippen LogP contribution in [0, 0.1) is 0 Å². The van der Waals surface area contributed by atoms with Crippen LogP contribution in [0.15, 0.2) is 54.7 Å². The van der Waals surface area contributed by atoms with E-state index in [2.05, 4.69) is 17.1 Å². The van der Waals surface area contributed by atoms with Gasteiger partial charge in [0.15, 0.2) is 0 Å². The van der Waals surface area contributed by atoms with Crippen molar-refractivity contribution >= 4 is 29.4 Å². The Hall–Kier alpha value is -2.74. The average Bonchev–Trinajstić information content (AvgIpc) is 2.77. The van der Waals surface area contributed by atoms with Crippen LogP contribution in [-0.4, -0.2) is 46.0 Å². The second kappa shape index (κ2) is 8.33. The summed E-state index contributed by atoms with van der Waals surface area (Å²) in [5.41, 5.74) is 9.50. The van der Waals surface area contributed by atoms with Crippen LogP contribution in [0.2, 0.25) is 0 Å². The summed E-state index contributed by atoms with van der Waals surface area (Å²) in [5.74, 6) is 0.314. The van der Waals surface area contributed by atoms with Crippen LogP contribution in [-0.2, 0) is 6.54 Å². The number of nitrogens with two attached hydrogens (primary N) is 1. The highest BCUT2D eigenvalue weighted by atomic mass is 16.4. The van der Waals surface area contributed by atoms with Gasteiger partial charge in [0.1, 0.15) is 0 Å². The molecule has 29 heavy (non-hydrogen) atoms. The van der Waals surface area contributed by atoms with Crippen LogP contribution in [0.25, 0.3) is 10.9 Å². The van der Waals surface area contributed by atoms with Crippen LogP contribution in [0.1, 0.15) is 40.2 Å². The number of amides is 1. The molecule has 1 aliphatic heterocycles.